The number of alkyl halides is 1. The second kappa shape index (κ2) is 4.08. The first-order valence-electron chi connectivity index (χ1n) is 5.21. The van der Waals surface area contributed by atoms with Crippen LogP contribution in [0.15, 0.2) is 21.9 Å². The molecule has 94 valence electrons. The maximum atomic E-state index is 14.2. The van der Waals surface area contributed by atoms with Crippen LogP contribution in [0.3, 0.4) is 0 Å². The quantitative estimate of drug-likeness (QED) is 0.737. The van der Waals surface area contributed by atoms with Crippen LogP contribution in [0.25, 0.3) is 0 Å². The van der Waals surface area contributed by atoms with Crippen molar-refractivity contribution in [2.24, 2.45) is 0 Å². The topological polar surface area (TPSA) is 84.3 Å². The number of aromatic nitrogens is 2. The van der Waals surface area contributed by atoms with Gasteiger partial charge in [-0.3, -0.25) is 14.3 Å². The number of nitrogens with zero attached hydrogens (tertiary/aromatic N) is 1. The van der Waals surface area contributed by atoms with Crippen molar-refractivity contribution in [2.75, 3.05) is 6.61 Å². The lowest BCUT2D eigenvalue weighted by Gasteiger charge is -2.22. The summed E-state index contributed by atoms with van der Waals surface area (Å²) in [5, 5.41) is 8.94. The molecule has 0 bridgehead atoms. The number of aliphatic hydroxyl groups excluding tert-OH is 1. The number of aromatic amines is 1. The summed E-state index contributed by atoms with van der Waals surface area (Å²) in [7, 11) is 0. The van der Waals surface area contributed by atoms with Gasteiger partial charge in [-0.2, -0.15) is 0 Å². The molecule has 0 saturated carbocycles. The summed E-state index contributed by atoms with van der Waals surface area (Å²) in [5.41, 5.74) is -3.05. The van der Waals surface area contributed by atoms with Crippen molar-refractivity contribution in [3.05, 3.63) is 33.1 Å². The number of hydrogen-bond acceptors (Lipinski definition) is 4. The monoisotopic (exact) mass is 244 g/mol. The van der Waals surface area contributed by atoms with Gasteiger partial charge in [0.05, 0.1) is 12.7 Å². The van der Waals surface area contributed by atoms with Crippen LogP contribution >= 0.6 is 0 Å². The molecule has 17 heavy (non-hydrogen) atoms. The van der Waals surface area contributed by atoms with E-state index < -0.39 is 29.2 Å². The number of ether oxygens (including phenoxy) is 1. The predicted molar refractivity (Wildman–Crippen MR) is 56.4 cm³/mol. The SMILES string of the molecule is CC1(F)C[C@@H](CO)O[C@H]1n1ccc(=O)[nH]c1=O. The van der Waals surface area contributed by atoms with Gasteiger partial charge in [0, 0.05) is 18.7 Å². The molecule has 6 nitrogen and oxygen atoms in total. The van der Waals surface area contributed by atoms with Gasteiger partial charge in [0.15, 0.2) is 11.9 Å². The maximum Gasteiger partial charge on any atom is 0.330 e. The van der Waals surface area contributed by atoms with Crippen LogP contribution < -0.4 is 11.2 Å². The molecule has 7 heteroatoms. The van der Waals surface area contributed by atoms with Crippen molar-refractivity contribution in [2.45, 2.75) is 31.3 Å². The third kappa shape index (κ3) is 2.16. The van der Waals surface area contributed by atoms with Gasteiger partial charge in [0.2, 0.25) is 0 Å². The zero-order valence-electron chi connectivity index (χ0n) is 9.22. The van der Waals surface area contributed by atoms with Gasteiger partial charge in [0.25, 0.3) is 5.56 Å². The lowest BCUT2D eigenvalue weighted by Crippen LogP contribution is -2.38. The second-order valence-corrected chi connectivity index (χ2v) is 4.29. The molecule has 0 amide bonds. The number of H-pyrrole nitrogens is 1. The lowest BCUT2D eigenvalue weighted by molar-refractivity contribution is -0.0610. The minimum absolute atomic E-state index is 0.000265. The largest absolute Gasteiger partial charge is 0.394 e. The van der Waals surface area contributed by atoms with Crippen LogP contribution in [0.1, 0.15) is 19.6 Å². The van der Waals surface area contributed by atoms with E-state index in [9.17, 15) is 14.0 Å². The highest BCUT2D eigenvalue weighted by atomic mass is 19.1. The van der Waals surface area contributed by atoms with Crippen LogP contribution in [0, 0.1) is 0 Å². The summed E-state index contributed by atoms with van der Waals surface area (Å²) in [5.74, 6) is 0. The van der Waals surface area contributed by atoms with E-state index in [4.69, 9.17) is 9.84 Å². The van der Waals surface area contributed by atoms with Gasteiger partial charge in [-0.25, -0.2) is 9.18 Å². The van der Waals surface area contributed by atoms with Crippen LogP contribution in [-0.2, 0) is 4.74 Å². The molecule has 0 radical (unpaired) electrons. The average Bonchev–Trinajstić information content (AvgIpc) is 2.54. The Balaban J connectivity index is 2.40. The zero-order chi connectivity index (χ0) is 12.6. The molecule has 0 aromatic carbocycles. The molecule has 1 aromatic heterocycles. The number of rotatable bonds is 2. The Morgan fingerprint density at radius 1 is 1.71 bits per heavy atom. The summed E-state index contributed by atoms with van der Waals surface area (Å²) in [6, 6.07) is 1.12. The first kappa shape index (κ1) is 12.0. The van der Waals surface area contributed by atoms with E-state index in [1.807, 2.05) is 4.98 Å². The minimum atomic E-state index is -1.77. The standard InChI is InChI=1S/C10H13FN2O4/c1-10(11)4-6(5-14)17-8(10)13-3-2-7(15)12-9(13)16/h2-3,6,8,14H,4-5H2,1H3,(H,12,15,16)/t6-,8+,10?/m0/s1. The molecule has 2 rings (SSSR count). The summed E-state index contributed by atoms with van der Waals surface area (Å²) < 4.78 is 20.4. The molecule has 0 aliphatic carbocycles. The summed E-state index contributed by atoms with van der Waals surface area (Å²) >= 11 is 0. The summed E-state index contributed by atoms with van der Waals surface area (Å²) in [4.78, 5) is 24.4. The molecule has 1 fully saturated rings. The van der Waals surface area contributed by atoms with Gasteiger partial charge in [-0.1, -0.05) is 0 Å². The number of aliphatic hydroxyl groups is 1. The molecular formula is C10H13FN2O4. The highest BCUT2D eigenvalue weighted by Crippen LogP contribution is 2.39. The molecule has 3 atom stereocenters. The van der Waals surface area contributed by atoms with E-state index in [-0.39, 0.29) is 13.0 Å². The van der Waals surface area contributed by atoms with Gasteiger partial charge in [0.1, 0.15) is 0 Å². The number of halogens is 1. The maximum absolute atomic E-state index is 14.2. The first-order chi connectivity index (χ1) is 7.94. The Bertz CT molecular complexity index is 522. The van der Waals surface area contributed by atoms with E-state index in [0.29, 0.717) is 0 Å². The molecule has 1 aliphatic rings. The minimum Gasteiger partial charge on any atom is -0.394 e. The third-order valence-corrected chi connectivity index (χ3v) is 2.77. The fourth-order valence-corrected chi connectivity index (χ4v) is 1.99. The van der Waals surface area contributed by atoms with Crippen molar-refractivity contribution in [3.8, 4) is 0 Å². The van der Waals surface area contributed by atoms with E-state index >= 15 is 0 Å². The Morgan fingerprint density at radius 3 is 2.94 bits per heavy atom. The van der Waals surface area contributed by atoms with Gasteiger partial charge in [-0.05, 0) is 6.92 Å². The van der Waals surface area contributed by atoms with Crippen molar-refractivity contribution < 1.29 is 14.2 Å². The fraction of sp³-hybridized carbons (Fsp3) is 0.600. The highest BCUT2D eigenvalue weighted by molar-refractivity contribution is 4.95. The van der Waals surface area contributed by atoms with E-state index in [0.717, 1.165) is 10.6 Å². The molecule has 1 saturated heterocycles. The fourth-order valence-electron chi connectivity index (χ4n) is 1.99. The molecular weight excluding hydrogens is 231 g/mol. The highest BCUT2D eigenvalue weighted by Gasteiger charge is 2.47. The van der Waals surface area contributed by atoms with Crippen LogP contribution in [0.2, 0.25) is 0 Å². The Labute approximate surface area is 95.7 Å². The van der Waals surface area contributed by atoms with Gasteiger partial charge in [-0.15, -0.1) is 0 Å². The first-order valence-corrected chi connectivity index (χ1v) is 5.21. The van der Waals surface area contributed by atoms with Gasteiger partial charge < -0.3 is 9.84 Å². The molecule has 1 aliphatic heterocycles. The molecule has 2 N–H and O–H groups in total. The number of nitrogens with one attached hydrogen (secondary N) is 1. The predicted octanol–water partition coefficient (Wildman–Crippen LogP) is -0.455. The van der Waals surface area contributed by atoms with E-state index in [2.05, 4.69) is 0 Å². The third-order valence-electron chi connectivity index (χ3n) is 2.77. The Kier molecular flexibility index (Phi) is 2.88. The average molecular weight is 244 g/mol. The van der Waals surface area contributed by atoms with E-state index in [1.54, 1.807) is 0 Å². The normalized spacial score (nSPS) is 32.9. The van der Waals surface area contributed by atoms with Crippen molar-refractivity contribution in [1.82, 2.24) is 9.55 Å². The summed E-state index contributed by atoms with van der Waals surface area (Å²) in [6.45, 7) is 0.985. The lowest BCUT2D eigenvalue weighted by atomic mass is 10.0. The second-order valence-electron chi connectivity index (χ2n) is 4.29. The van der Waals surface area contributed by atoms with Crippen molar-refractivity contribution in [1.29, 1.82) is 0 Å². The van der Waals surface area contributed by atoms with Crippen molar-refractivity contribution in [3.63, 3.8) is 0 Å². The zero-order valence-corrected chi connectivity index (χ0v) is 9.22. The molecule has 1 unspecified atom stereocenters. The van der Waals surface area contributed by atoms with Gasteiger partial charge >= 0.3 is 5.69 Å². The van der Waals surface area contributed by atoms with E-state index in [1.165, 1.54) is 13.1 Å². The smallest absolute Gasteiger partial charge is 0.330 e. The van der Waals surface area contributed by atoms with Crippen molar-refractivity contribution >= 4 is 0 Å². The molecule has 2 heterocycles. The Morgan fingerprint density at radius 2 is 2.41 bits per heavy atom. The van der Waals surface area contributed by atoms with Crippen LogP contribution in [-0.4, -0.2) is 33.0 Å². The van der Waals surface area contributed by atoms with Crippen LogP contribution in [0.4, 0.5) is 4.39 Å². The number of hydrogen-bond donors (Lipinski definition) is 2. The molecule has 1 aromatic rings. The Hall–Kier alpha value is -1.47. The van der Waals surface area contributed by atoms with Crippen LogP contribution in [0.5, 0.6) is 0 Å². The molecule has 0 spiro atoms. The summed E-state index contributed by atoms with van der Waals surface area (Å²) in [6.07, 6.45) is -0.596.